The molecule has 0 saturated carbocycles. The Morgan fingerprint density at radius 1 is 1.07 bits per heavy atom. The van der Waals surface area contributed by atoms with Crippen molar-refractivity contribution >= 4 is 17.9 Å². The van der Waals surface area contributed by atoms with Gasteiger partial charge in [0.1, 0.15) is 6.61 Å². The van der Waals surface area contributed by atoms with Gasteiger partial charge in [-0.25, -0.2) is 4.79 Å². The Morgan fingerprint density at radius 3 is 2.45 bits per heavy atom. The zero-order chi connectivity index (χ0) is 20.6. The van der Waals surface area contributed by atoms with Crippen LogP contribution < -0.4 is 14.9 Å². The molecule has 0 saturated heterocycles. The van der Waals surface area contributed by atoms with E-state index in [0.717, 1.165) is 11.1 Å². The molecule has 0 amide bonds. The van der Waals surface area contributed by atoms with Crippen LogP contribution in [0.15, 0.2) is 71.8 Å². The molecule has 6 nitrogen and oxygen atoms in total. The molecular formula is C23H22N2O4. The third kappa shape index (κ3) is 5.35. The number of hydrazone groups is 1. The summed E-state index contributed by atoms with van der Waals surface area (Å²) < 4.78 is 11.5. The number of carbonyl (C=O) groups is 1. The molecule has 3 aromatic carbocycles. The van der Waals surface area contributed by atoms with Gasteiger partial charge in [-0.2, -0.15) is 5.10 Å². The second-order valence-electron chi connectivity index (χ2n) is 6.41. The van der Waals surface area contributed by atoms with Crippen molar-refractivity contribution in [1.82, 2.24) is 0 Å². The summed E-state index contributed by atoms with van der Waals surface area (Å²) in [4.78, 5) is 10.9. The minimum absolute atomic E-state index is 0.221. The van der Waals surface area contributed by atoms with Gasteiger partial charge in [0.25, 0.3) is 0 Å². The molecule has 0 spiro atoms. The Labute approximate surface area is 169 Å². The average Bonchev–Trinajstić information content (AvgIpc) is 2.74. The molecule has 0 heterocycles. The monoisotopic (exact) mass is 390 g/mol. The standard InChI is InChI=1S/C23H22N2O4/c1-16-6-8-17(9-7-16)15-29-22-19(4-3-5-21(22)28-2)14-24-25-20-12-10-18(11-13-20)23(26)27/h3-14,25H,15H2,1-2H3,(H,26,27)/b24-14+. The summed E-state index contributed by atoms with van der Waals surface area (Å²) in [5.74, 6) is 0.251. The van der Waals surface area contributed by atoms with Crippen molar-refractivity contribution in [2.24, 2.45) is 5.10 Å². The second kappa shape index (κ2) is 9.41. The fraction of sp³-hybridized carbons (Fsp3) is 0.130. The van der Waals surface area contributed by atoms with Crippen LogP contribution in [0.4, 0.5) is 5.69 Å². The summed E-state index contributed by atoms with van der Waals surface area (Å²) in [7, 11) is 1.59. The lowest BCUT2D eigenvalue weighted by Gasteiger charge is -2.13. The predicted molar refractivity (Wildman–Crippen MR) is 113 cm³/mol. The van der Waals surface area contributed by atoms with Crippen LogP contribution in [-0.4, -0.2) is 24.4 Å². The number of hydrogen-bond donors (Lipinski definition) is 2. The number of anilines is 1. The van der Waals surface area contributed by atoms with Gasteiger partial charge in [0.05, 0.1) is 24.6 Å². The molecule has 0 fully saturated rings. The molecule has 6 heteroatoms. The molecule has 0 aliphatic rings. The molecule has 3 rings (SSSR count). The lowest BCUT2D eigenvalue weighted by molar-refractivity contribution is 0.0697. The molecule has 29 heavy (non-hydrogen) atoms. The van der Waals surface area contributed by atoms with E-state index in [1.807, 2.05) is 49.4 Å². The third-order valence-corrected chi connectivity index (χ3v) is 4.26. The number of rotatable bonds is 8. The number of carboxylic acid groups (broad SMARTS) is 1. The van der Waals surface area contributed by atoms with Crippen LogP contribution in [0.2, 0.25) is 0 Å². The number of nitrogens with one attached hydrogen (secondary N) is 1. The minimum atomic E-state index is -0.966. The van der Waals surface area contributed by atoms with Gasteiger partial charge in [0.2, 0.25) is 0 Å². The zero-order valence-electron chi connectivity index (χ0n) is 16.3. The Bertz CT molecular complexity index is 996. The first-order valence-electron chi connectivity index (χ1n) is 9.04. The van der Waals surface area contributed by atoms with E-state index < -0.39 is 5.97 Å². The van der Waals surface area contributed by atoms with Crippen molar-refractivity contribution in [1.29, 1.82) is 0 Å². The summed E-state index contributed by atoms with van der Waals surface area (Å²) >= 11 is 0. The lowest BCUT2D eigenvalue weighted by Crippen LogP contribution is -2.01. The fourth-order valence-corrected chi connectivity index (χ4v) is 2.65. The van der Waals surface area contributed by atoms with Gasteiger partial charge in [-0.1, -0.05) is 35.9 Å². The number of nitrogens with zero attached hydrogens (tertiary/aromatic N) is 1. The SMILES string of the molecule is COc1cccc(/C=N/Nc2ccc(C(=O)O)cc2)c1OCc1ccc(C)cc1. The van der Waals surface area contributed by atoms with Gasteiger partial charge in [0, 0.05) is 5.56 Å². The third-order valence-electron chi connectivity index (χ3n) is 4.26. The quantitative estimate of drug-likeness (QED) is 0.429. The van der Waals surface area contributed by atoms with E-state index in [-0.39, 0.29) is 5.56 Å². The maximum atomic E-state index is 10.9. The molecular weight excluding hydrogens is 368 g/mol. The number of hydrogen-bond acceptors (Lipinski definition) is 5. The molecule has 0 aliphatic carbocycles. The van der Waals surface area contributed by atoms with Crippen LogP contribution in [0.5, 0.6) is 11.5 Å². The summed E-state index contributed by atoms with van der Waals surface area (Å²) in [5, 5.41) is 13.2. The van der Waals surface area contributed by atoms with Crippen molar-refractivity contribution < 1.29 is 19.4 Å². The molecule has 0 bridgehead atoms. The highest BCUT2D eigenvalue weighted by molar-refractivity contribution is 5.88. The van der Waals surface area contributed by atoms with Crippen molar-refractivity contribution in [2.45, 2.75) is 13.5 Å². The van der Waals surface area contributed by atoms with Crippen molar-refractivity contribution in [3.63, 3.8) is 0 Å². The number of para-hydroxylation sites is 1. The van der Waals surface area contributed by atoms with Gasteiger partial charge in [-0.05, 0) is 48.9 Å². The van der Waals surface area contributed by atoms with E-state index in [1.54, 1.807) is 25.5 Å². The van der Waals surface area contributed by atoms with Gasteiger partial charge in [-0.3, -0.25) is 5.43 Å². The molecule has 0 atom stereocenters. The first kappa shape index (κ1) is 19.9. The molecule has 148 valence electrons. The summed E-state index contributed by atoms with van der Waals surface area (Å²) in [6.45, 7) is 2.45. The number of methoxy groups -OCH3 is 1. The normalized spacial score (nSPS) is 10.7. The van der Waals surface area contributed by atoms with Gasteiger partial charge in [-0.15, -0.1) is 0 Å². The minimum Gasteiger partial charge on any atom is -0.493 e. The number of aromatic carboxylic acids is 1. The Morgan fingerprint density at radius 2 is 1.79 bits per heavy atom. The van der Waals surface area contributed by atoms with Gasteiger partial charge in [0.15, 0.2) is 11.5 Å². The Kier molecular flexibility index (Phi) is 6.47. The van der Waals surface area contributed by atoms with Crippen molar-refractivity contribution in [3.8, 4) is 11.5 Å². The number of aryl methyl sites for hydroxylation is 1. The fourth-order valence-electron chi connectivity index (χ4n) is 2.65. The zero-order valence-corrected chi connectivity index (χ0v) is 16.3. The first-order chi connectivity index (χ1) is 14.1. The van der Waals surface area contributed by atoms with Crippen LogP contribution in [0, 0.1) is 6.92 Å². The van der Waals surface area contributed by atoms with E-state index >= 15 is 0 Å². The van der Waals surface area contributed by atoms with Crippen LogP contribution in [0.1, 0.15) is 27.0 Å². The van der Waals surface area contributed by atoms with Gasteiger partial charge >= 0.3 is 5.97 Å². The van der Waals surface area contributed by atoms with E-state index in [1.165, 1.54) is 17.7 Å². The highest BCUT2D eigenvalue weighted by Gasteiger charge is 2.10. The highest BCUT2D eigenvalue weighted by atomic mass is 16.5. The summed E-state index contributed by atoms with van der Waals surface area (Å²) in [5.41, 5.74) is 6.79. The molecule has 0 radical (unpaired) electrons. The first-order valence-corrected chi connectivity index (χ1v) is 9.04. The Balaban J connectivity index is 1.73. The van der Waals surface area contributed by atoms with E-state index in [0.29, 0.717) is 23.8 Å². The largest absolute Gasteiger partial charge is 0.493 e. The number of benzene rings is 3. The summed E-state index contributed by atoms with van der Waals surface area (Å²) in [6.07, 6.45) is 1.64. The molecule has 0 aromatic heterocycles. The smallest absolute Gasteiger partial charge is 0.335 e. The van der Waals surface area contributed by atoms with Crippen LogP contribution in [0.25, 0.3) is 0 Å². The lowest BCUT2D eigenvalue weighted by atomic mass is 10.1. The summed E-state index contributed by atoms with van der Waals surface area (Å²) in [6, 6.07) is 20.1. The average molecular weight is 390 g/mol. The molecule has 2 N–H and O–H groups in total. The topological polar surface area (TPSA) is 80.2 Å². The predicted octanol–water partition coefficient (Wildman–Crippen LogP) is 4.73. The maximum Gasteiger partial charge on any atom is 0.335 e. The maximum absolute atomic E-state index is 10.9. The Hall–Kier alpha value is -3.80. The van der Waals surface area contributed by atoms with Gasteiger partial charge < -0.3 is 14.6 Å². The second-order valence-corrected chi connectivity index (χ2v) is 6.41. The molecule has 3 aromatic rings. The van der Waals surface area contributed by atoms with E-state index in [9.17, 15) is 4.79 Å². The van der Waals surface area contributed by atoms with Crippen LogP contribution >= 0.6 is 0 Å². The van der Waals surface area contributed by atoms with Crippen LogP contribution in [-0.2, 0) is 6.61 Å². The van der Waals surface area contributed by atoms with E-state index in [2.05, 4.69) is 10.5 Å². The molecule has 0 unspecified atom stereocenters. The number of carboxylic acids is 1. The van der Waals surface area contributed by atoms with Crippen molar-refractivity contribution in [3.05, 3.63) is 89.0 Å². The van der Waals surface area contributed by atoms with Crippen molar-refractivity contribution in [2.75, 3.05) is 12.5 Å². The highest BCUT2D eigenvalue weighted by Crippen LogP contribution is 2.31. The van der Waals surface area contributed by atoms with E-state index in [4.69, 9.17) is 14.6 Å². The molecule has 0 aliphatic heterocycles. The van der Waals surface area contributed by atoms with Crippen LogP contribution in [0.3, 0.4) is 0 Å². The number of ether oxygens (including phenoxy) is 2.